The van der Waals surface area contributed by atoms with Gasteiger partial charge in [0.05, 0.1) is 0 Å². The molecule has 0 aromatic heterocycles. The van der Waals surface area contributed by atoms with Crippen molar-refractivity contribution in [1.29, 1.82) is 0 Å². The van der Waals surface area contributed by atoms with Crippen LogP contribution in [0.2, 0.25) is 0 Å². The SMILES string of the molecule is C1=C(c2ccccc2)Sc2ccccc2/C1=C\C=C1/C=C(c2ccccc2)Sc2ccccc21. The molecule has 0 bridgehead atoms. The number of allylic oxidation sites excluding steroid dienone is 6. The summed E-state index contributed by atoms with van der Waals surface area (Å²) in [5, 5.41) is 0. The van der Waals surface area contributed by atoms with E-state index in [0.29, 0.717) is 0 Å². The molecule has 34 heavy (non-hydrogen) atoms. The van der Waals surface area contributed by atoms with Gasteiger partial charge < -0.3 is 0 Å². The molecule has 4 aromatic rings. The van der Waals surface area contributed by atoms with E-state index in [9.17, 15) is 0 Å². The van der Waals surface area contributed by atoms with Gasteiger partial charge in [-0.2, -0.15) is 0 Å². The molecule has 162 valence electrons. The predicted molar refractivity (Wildman–Crippen MR) is 149 cm³/mol. The normalized spacial score (nSPS) is 17.1. The Morgan fingerprint density at radius 2 is 0.794 bits per heavy atom. The van der Waals surface area contributed by atoms with Crippen molar-refractivity contribution in [2.45, 2.75) is 9.79 Å². The van der Waals surface area contributed by atoms with Crippen molar-refractivity contribution in [3.8, 4) is 0 Å². The van der Waals surface area contributed by atoms with Gasteiger partial charge >= 0.3 is 0 Å². The molecular formula is C32H22S2. The maximum Gasteiger partial charge on any atom is 0.0201 e. The molecule has 2 aliphatic heterocycles. The number of fused-ring (bicyclic) bond motifs is 2. The zero-order valence-corrected chi connectivity index (χ0v) is 20.2. The Morgan fingerprint density at radius 1 is 0.412 bits per heavy atom. The molecule has 0 amide bonds. The van der Waals surface area contributed by atoms with Crippen LogP contribution in [0, 0.1) is 0 Å². The smallest absolute Gasteiger partial charge is 0.0201 e. The summed E-state index contributed by atoms with van der Waals surface area (Å²) in [5.41, 5.74) is 7.57. The van der Waals surface area contributed by atoms with Gasteiger partial charge in [-0.3, -0.25) is 0 Å². The standard InChI is InChI=1S/C32H22S2/c1-3-11-23(12-4-1)31-21-25(27-15-7-9-17-29(27)33-31)19-20-26-22-32(24-13-5-2-6-14-24)34-30-18-10-8-16-28(26)30/h1-22H/b25-19-,26-20+. The predicted octanol–water partition coefficient (Wildman–Crippen LogP) is 9.45. The second-order valence-electron chi connectivity index (χ2n) is 8.19. The Kier molecular flexibility index (Phi) is 5.85. The summed E-state index contributed by atoms with van der Waals surface area (Å²) >= 11 is 3.69. The minimum absolute atomic E-state index is 1.24. The third kappa shape index (κ3) is 4.23. The molecule has 0 N–H and O–H groups in total. The average Bonchev–Trinajstić information content (AvgIpc) is 2.92. The van der Waals surface area contributed by atoms with Crippen LogP contribution >= 0.6 is 23.5 Å². The lowest BCUT2D eigenvalue weighted by Gasteiger charge is -2.20. The fourth-order valence-corrected chi connectivity index (χ4v) is 6.51. The fourth-order valence-electron chi connectivity index (χ4n) is 4.27. The van der Waals surface area contributed by atoms with Gasteiger partial charge in [-0.15, -0.1) is 0 Å². The highest BCUT2D eigenvalue weighted by atomic mass is 32.2. The summed E-state index contributed by atoms with van der Waals surface area (Å²) < 4.78 is 0. The van der Waals surface area contributed by atoms with Crippen LogP contribution in [-0.2, 0) is 0 Å². The molecule has 2 heterocycles. The molecule has 0 radical (unpaired) electrons. The van der Waals surface area contributed by atoms with Crippen molar-refractivity contribution >= 4 is 44.5 Å². The van der Waals surface area contributed by atoms with Gasteiger partial charge in [0.1, 0.15) is 0 Å². The number of hydrogen-bond acceptors (Lipinski definition) is 2. The van der Waals surface area contributed by atoms with E-state index in [2.05, 4.69) is 133 Å². The minimum atomic E-state index is 1.24. The largest absolute Gasteiger partial charge is 0.0888 e. The molecule has 0 nitrogen and oxygen atoms in total. The first-order valence-corrected chi connectivity index (χ1v) is 13.0. The topological polar surface area (TPSA) is 0 Å². The second-order valence-corrected chi connectivity index (χ2v) is 10.4. The summed E-state index contributed by atoms with van der Waals surface area (Å²) in [7, 11) is 0. The Labute approximate surface area is 209 Å². The van der Waals surface area contributed by atoms with Gasteiger partial charge in [0.25, 0.3) is 0 Å². The van der Waals surface area contributed by atoms with Gasteiger partial charge in [0, 0.05) is 19.6 Å². The Morgan fingerprint density at radius 3 is 1.24 bits per heavy atom. The Balaban J connectivity index is 1.47. The number of benzene rings is 4. The van der Waals surface area contributed by atoms with Crippen LogP contribution in [-0.4, -0.2) is 0 Å². The van der Waals surface area contributed by atoms with Crippen molar-refractivity contribution in [1.82, 2.24) is 0 Å². The van der Waals surface area contributed by atoms with E-state index in [-0.39, 0.29) is 0 Å². The van der Waals surface area contributed by atoms with Crippen LogP contribution in [0.5, 0.6) is 0 Å². The first kappa shape index (κ1) is 21.1. The van der Waals surface area contributed by atoms with Crippen LogP contribution in [0.1, 0.15) is 22.3 Å². The highest BCUT2D eigenvalue weighted by molar-refractivity contribution is 8.08. The number of thioether (sulfide) groups is 2. The maximum atomic E-state index is 2.32. The molecule has 0 aliphatic carbocycles. The summed E-state index contributed by atoms with van der Waals surface area (Å²) in [6, 6.07) is 38.7. The van der Waals surface area contributed by atoms with E-state index in [4.69, 9.17) is 0 Å². The van der Waals surface area contributed by atoms with Crippen molar-refractivity contribution in [3.05, 3.63) is 156 Å². The summed E-state index contributed by atoms with van der Waals surface area (Å²) in [5.74, 6) is 0. The molecule has 0 spiro atoms. The molecule has 4 aromatic carbocycles. The second kappa shape index (κ2) is 9.42. The Hall–Kier alpha value is -3.46. The fraction of sp³-hybridized carbons (Fsp3) is 0. The van der Waals surface area contributed by atoms with Crippen LogP contribution in [0.15, 0.2) is 143 Å². The maximum absolute atomic E-state index is 2.32. The third-order valence-electron chi connectivity index (χ3n) is 5.97. The summed E-state index contributed by atoms with van der Waals surface area (Å²) in [6.45, 7) is 0. The highest BCUT2D eigenvalue weighted by Gasteiger charge is 2.18. The lowest BCUT2D eigenvalue weighted by Crippen LogP contribution is -1.95. The zero-order chi connectivity index (χ0) is 22.7. The van der Waals surface area contributed by atoms with E-state index in [1.54, 1.807) is 0 Å². The average molecular weight is 471 g/mol. The van der Waals surface area contributed by atoms with Crippen molar-refractivity contribution < 1.29 is 0 Å². The van der Waals surface area contributed by atoms with Gasteiger partial charge in [-0.1, -0.05) is 133 Å². The van der Waals surface area contributed by atoms with Crippen molar-refractivity contribution in [3.63, 3.8) is 0 Å². The molecule has 0 saturated carbocycles. The molecule has 2 heteroatoms. The van der Waals surface area contributed by atoms with E-state index >= 15 is 0 Å². The molecule has 0 atom stereocenters. The quantitative estimate of drug-likeness (QED) is 0.292. The summed E-state index contributed by atoms with van der Waals surface area (Å²) in [6.07, 6.45) is 9.21. The Bertz CT molecular complexity index is 1360. The molecule has 0 fully saturated rings. The van der Waals surface area contributed by atoms with Crippen LogP contribution in [0.4, 0.5) is 0 Å². The van der Waals surface area contributed by atoms with E-state index < -0.39 is 0 Å². The van der Waals surface area contributed by atoms with E-state index in [1.807, 2.05) is 23.5 Å². The van der Waals surface area contributed by atoms with Crippen LogP contribution < -0.4 is 0 Å². The molecule has 2 aliphatic rings. The van der Waals surface area contributed by atoms with Crippen molar-refractivity contribution in [2.24, 2.45) is 0 Å². The first-order chi connectivity index (χ1) is 16.8. The monoisotopic (exact) mass is 470 g/mol. The van der Waals surface area contributed by atoms with Crippen LogP contribution in [0.3, 0.4) is 0 Å². The van der Waals surface area contributed by atoms with Gasteiger partial charge in [-0.05, 0) is 57.7 Å². The highest BCUT2D eigenvalue weighted by Crippen LogP contribution is 2.46. The lowest BCUT2D eigenvalue weighted by atomic mass is 9.99. The molecule has 0 unspecified atom stereocenters. The molecule has 6 rings (SSSR count). The minimum Gasteiger partial charge on any atom is -0.0888 e. The number of rotatable bonds is 3. The van der Waals surface area contributed by atoms with Gasteiger partial charge in [-0.25, -0.2) is 0 Å². The van der Waals surface area contributed by atoms with Crippen LogP contribution in [0.25, 0.3) is 21.0 Å². The lowest BCUT2D eigenvalue weighted by molar-refractivity contribution is 1.39. The van der Waals surface area contributed by atoms with Gasteiger partial charge in [0.2, 0.25) is 0 Å². The first-order valence-electron chi connectivity index (χ1n) is 11.4. The van der Waals surface area contributed by atoms with Gasteiger partial charge in [0.15, 0.2) is 0 Å². The van der Waals surface area contributed by atoms with Crippen molar-refractivity contribution in [2.75, 3.05) is 0 Å². The summed E-state index contributed by atoms with van der Waals surface area (Å²) in [4.78, 5) is 5.16. The van der Waals surface area contributed by atoms with E-state index in [1.165, 1.54) is 53.0 Å². The third-order valence-corrected chi connectivity index (χ3v) is 8.27. The molecule has 0 saturated heterocycles. The van der Waals surface area contributed by atoms with E-state index in [0.717, 1.165) is 0 Å². The zero-order valence-electron chi connectivity index (χ0n) is 18.5. The molecular weight excluding hydrogens is 448 g/mol. The number of hydrogen-bond donors (Lipinski definition) is 0.